The molecule has 2 aromatic rings. The van der Waals surface area contributed by atoms with Gasteiger partial charge in [-0.1, -0.05) is 0 Å². The lowest BCUT2D eigenvalue weighted by atomic mass is 10.1. The second-order valence-electron chi connectivity index (χ2n) is 5.33. The van der Waals surface area contributed by atoms with Gasteiger partial charge in [0.1, 0.15) is 16.4 Å². The number of aromatic amines is 1. The molecule has 0 aliphatic carbocycles. The number of nitrogens with zero attached hydrogens (tertiary/aromatic N) is 2. The first-order valence-corrected chi connectivity index (χ1v) is 7.59. The lowest BCUT2D eigenvalue weighted by molar-refractivity contribution is -0.122. The Hall–Kier alpha value is -1.53. The van der Waals surface area contributed by atoms with Crippen molar-refractivity contribution >= 4 is 27.3 Å². The summed E-state index contributed by atoms with van der Waals surface area (Å²) < 4.78 is 0. The normalized spacial score (nSPS) is 17.0. The van der Waals surface area contributed by atoms with Crippen LogP contribution in [0.3, 0.4) is 0 Å². The SMILES string of the molecule is Cc1sc2nc(CN3CCCC(=O)C3)[nH]c(=O)c2c1C. The number of ketones is 1. The minimum atomic E-state index is -0.0739. The average Bonchev–Trinajstić information content (AvgIpc) is 2.65. The van der Waals surface area contributed by atoms with Gasteiger partial charge in [-0.05, 0) is 32.4 Å². The quantitative estimate of drug-likeness (QED) is 0.915. The molecule has 5 nitrogen and oxygen atoms in total. The maximum absolute atomic E-state index is 12.2. The standard InChI is InChI=1S/C14H17N3O2S/c1-8-9(2)20-14-12(8)13(19)15-11(16-14)7-17-5-3-4-10(18)6-17/h3-7H2,1-2H3,(H,15,16,19). The fraction of sp³-hybridized carbons (Fsp3) is 0.500. The Morgan fingerprint density at radius 3 is 2.90 bits per heavy atom. The van der Waals surface area contributed by atoms with Gasteiger partial charge in [-0.3, -0.25) is 14.5 Å². The van der Waals surface area contributed by atoms with Crippen molar-refractivity contribution in [1.29, 1.82) is 0 Å². The molecule has 0 amide bonds. The number of hydrogen-bond acceptors (Lipinski definition) is 5. The van der Waals surface area contributed by atoms with Crippen molar-refractivity contribution in [3.63, 3.8) is 0 Å². The maximum atomic E-state index is 12.2. The summed E-state index contributed by atoms with van der Waals surface area (Å²) in [5, 5.41) is 0.700. The highest BCUT2D eigenvalue weighted by atomic mass is 32.1. The van der Waals surface area contributed by atoms with Gasteiger partial charge >= 0.3 is 0 Å². The number of aryl methyl sites for hydroxylation is 2. The minimum Gasteiger partial charge on any atom is -0.309 e. The molecular weight excluding hydrogens is 274 g/mol. The van der Waals surface area contributed by atoms with Gasteiger partial charge in [-0.2, -0.15) is 0 Å². The van der Waals surface area contributed by atoms with E-state index >= 15 is 0 Å². The maximum Gasteiger partial charge on any atom is 0.259 e. The Kier molecular flexibility index (Phi) is 3.43. The van der Waals surface area contributed by atoms with Gasteiger partial charge in [0, 0.05) is 11.3 Å². The first kappa shape index (κ1) is 13.5. The first-order valence-electron chi connectivity index (χ1n) is 6.77. The van der Waals surface area contributed by atoms with E-state index in [1.807, 2.05) is 18.7 Å². The van der Waals surface area contributed by atoms with Crippen LogP contribution in [-0.4, -0.2) is 33.7 Å². The van der Waals surface area contributed by atoms with Crippen LogP contribution in [0.2, 0.25) is 0 Å². The molecule has 0 atom stereocenters. The zero-order chi connectivity index (χ0) is 14.3. The highest BCUT2D eigenvalue weighted by Crippen LogP contribution is 2.25. The van der Waals surface area contributed by atoms with Crippen molar-refractivity contribution < 1.29 is 4.79 Å². The summed E-state index contributed by atoms with van der Waals surface area (Å²) in [6.45, 7) is 5.84. The summed E-state index contributed by atoms with van der Waals surface area (Å²) in [5.41, 5.74) is 0.939. The number of rotatable bonds is 2. The predicted octanol–water partition coefficient (Wildman–Crippen LogP) is 1.77. The van der Waals surface area contributed by atoms with E-state index in [9.17, 15) is 9.59 Å². The zero-order valence-electron chi connectivity index (χ0n) is 11.7. The molecule has 0 radical (unpaired) electrons. The fourth-order valence-electron chi connectivity index (χ4n) is 2.63. The zero-order valence-corrected chi connectivity index (χ0v) is 12.5. The van der Waals surface area contributed by atoms with Crippen LogP contribution in [0.1, 0.15) is 29.1 Å². The number of Topliss-reactive ketones (excluding diaryl/α,β-unsaturated/α-hetero) is 1. The van der Waals surface area contributed by atoms with E-state index in [0.717, 1.165) is 28.2 Å². The molecule has 0 saturated carbocycles. The van der Waals surface area contributed by atoms with Crippen LogP contribution in [0.5, 0.6) is 0 Å². The molecule has 0 unspecified atom stereocenters. The van der Waals surface area contributed by atoms with Gasteiger partial charge in [-0.25, -0.2) is 4.98 Å². The van der Waals surface area contributed by atoms with Gasteiger partial charge in [0.2, 0.25) is 0 Å². The summed E-state index contributed by atoms with van der Waals surface area (Å²) >= 11 is 1.55. The van der Waals surface area contributed by atoms with E-state index in [1.54, 1.807) is 11.3 Å². The Morgan fingerprint density at radius 1 is 1.35 bits per heavy atom. The van der Waals surface area contributed by atoms with E-state index in [4.69, 9.17) is 0 Å². The largest absolute Gasteiger partial charge is 0.309 e. The first-order chi connectivity index (χ1) is 9.54. The Labute approximate surface area is 120 Å². The monoisotopic (exact) mass is 291 g/mol. The van der Waals surface area contributed by atoms with Gasteiger partial charge < -0.3 is 4.98 Å². The average molecular weight is 291 g/mol. The molecule has 0 spiro atoms. The van der Waals surface area contributed by atoms with E-state index < -0.39 is 0 Å². The van der Waals surface area contributed by atoms with E-state index in [0.29, 0.717) is 30.7 Å². The van der Waals surface area contributed by atoms with Crippen LogP contribution in [0.15, 0.2) is 4.79 Å². The Bertz CT molecular complexity index is 732. The van der Waals surface area contributed by atoms with E-state index in [-0.39, 0.29) is 11.3 Å². The molecule has 3 rings (SSSR count). The van der Waals surface area contributed by atoms with Gasteiger partial charge in [0.15, 0.2) is 0 Å². The molecule has 1 saturated heterocycles. The summed E-state index contributed by atoms with van der Waals surface area (Å²) in [4.78, 5) is 35.0. The molecule has 2 aromatic heterocycles. The molecule has 1 aliphatic heterocycles. The van der Waals surface area contributed by atoms with E-state index in [2.05, 4.69) is 9.97 Å². The summed E-state index contributed by atoms with van der Waals surface area (Å²) in [7, 11) is 0. The summed E-state index contributed by atoms with van der Waals surface area (Å²) in [5.74, 6) is 0.918. The van der Waals surface area contributed by atoms with Crippen molar-refractivity contribution in [3.8, 4) is 0 Å². The lowest BCUT2D eigenvalue weighted by Crippen LogP contribution is -2.35. The lowest BCUT2D eigenvalue weighted by Gasteiger charge is -2.24. The van der Waals surface area contributed by atoms with Crippen LogP contribution < -0.4 is 5.56 Å². The minimum absolute atomic E-state index is 0.0739. The Morgan fingerprint density at radius 2 is 2.15 bits per heavy atom. The van der Waals surface area contributed by atoms with Crippen molar-refractivity contribution in [2.45, 2.75) is 33.2 Å². The van der Waals surface area contributed by atoms with Gasteiger partial charge in [0.25, 0.3) is 5.56 Å². The number of H-pyrrole nitrogens is 1. The van der Waals surface area contributed by atoms with Crippen LogP contribution >= 0.6 is 11.3 Å². The number of aromatic nitrogens is 2. The smallest absolute Gasteiger partial charge is 0.259 e. The molecule has 3 heterocycles. The third kappa shape index (κ3) is 2.41. The molecule has 6 heteroatoms. The second kappa shape index (κ2) is 5.10. The van der Waals surface area contributed by atoms with Gasteiger partial charge in [-0.15, -0.1) is 11.3 Å². The van der Waals surface area contributed by atoms with Crippen molar-refractivity contribution in [1.82, 2.24) is 14.9 Å². The van der Waals surface area contributed by atoms with Crippen LogP contribution in [-0.2, 0) is 11.3 Å². The fourth-order valence-corrected chi connectivity index (χ4v) is 3.68. The molecule has 0 bridgehead atoms. The number of thiophene rings is 1. The second-order valence-corrected chi connectivity index (χ2v) is 6.53. The highest BCUT2D eigenvalue weighted by molar-refractivity contribution is 7.18. The van der Waals surface area contributed by atoms with Crippen molar-refractivity contribution in [2.75, 3.05) is 13.1 Å². The number of nitrogens with one attached hydrogen (secondary N) is 1. The van der Waals surface area contributed by atoms with Crippen molar-refractivity contribution in [2.24, 2.45) is 0 Å². The Balaban J connectivity index is 1.93. The van der Waals surface area contributed by atoms with Crippen LogP contribution in [0.4, 0.5) is 0 Å². The van der Waals surface area contributed by atoms with Crippen molar-refractivity contribution in [3.05, 3.63) is 26.6 Å². The molecule has 106 valence electrons. The third-order valence-corrected chi connectivity index (χ3v) is 4.89. The molecule has 20 heavy (non-hydrogen) atoms. The number of carbonyl (C=O) groups excluding carboxylic acids is 1. The molecular formula is C14H17N3O2S. The predicted molar refractivity (Wildman–Crippen MR) is 79.2 cm³/mol. The van der Waals surface area contributed by atoms with Crippen LogP contribution in [0, 0.1) is 13.8 Å². The molecule has 0 aromatic carbocycles. The van der Waals surface area contributed by atoms with Crippen LogP contribution in [0.25, 0.3) is 10.2 Å². The van der Waals surface area contributed by atoms with E-state index in [1.165, 1.54) is 0 Å². The molecule has 1 fully saturated rings. The molecule has 1 aliphatic rings. The summed E-state index contributed by atoms with van der Waals surface area (Å²) in [6.07, 6.45) is 1.56. The number of likely N-dealkylation sites (tertiary alicyclic amines) is 1. The molecule has 1 N–H and O–H groups in total. The number of piperidine rings is 1. The topological polar surface area (TPSA) is 66.1 Å². The highest BCUT2D eigenvalue weighted by Gasteiger charge is 2.18. The number of carbonyl (C=O) groups is 1. The summed E-state index contributed by atoms with van der Waals surface area (Å²) in [6, 6.07) is 0. The van der Waals surface area contributed by atoms with Gasteiger partial charge in [0.05, 0.1) is 18.5 Å². The number of hydrogen-bond donors (Lipinski definition) is 1. The third-order valence-electron chi connectivity index (χ3n) is 3.79. The number of fused-ring (bicyclic) bond motifs is 1.